The molecule has 5 nitrogen and oxygen atoms in total. The van der Waals surface area contributed by atoms with Crippen molar-refractivity contribution in [3.05, 3.63) is 52.9 Å². The van der Waals surface area contributed by atoms with Crippen molar-refractivity contribution < 1.29 is 14.4 Å². The number of hydrogen-bond donors (Lipinski definition) is 1. The summed E-state index contributed by atoms with van der Waals surface area (Å²) in [5.74, 6) is 1.37. The molecule has 1 N–H and O–H groups in total. The van der Waals surface area contributed by atoms with Crippen LogP contribution in [0.4, 0.5) is 0 Å². The van der Waals surface area contributed by atoms with E-state index < -0.39 is 0 Å². The molecule has 0 aliphatic carbocycles. The van der Waals surface area contributed by atoms with Crippen LogP contribution in [0.2, 0.25) is 0 Å². The predicted octanol–water partition coefficient (Wildman–Crippen LogP) is 3.00. The lowest BCUT2D eigenvalue weighted by atomic mass is 9.97. The fourth-order valence-electron chi connectivity index (χ4n) is 3.20. The summed E-state index contributed by atoms with van der Waals surface area (Å²) in [5, 5.41) is 13.2. The van der Waals surface area contributed by atoms with E-state index in [1.165, 1.54) is 5.56 Å². The van der Waals surface area contributed by atoms with Crippen molar-refractivity contribution in [2.45, 2.75) is 39.2 Å². The summed E-state index contributed by atoms with van der Waals surface area (Å²) in [6.45, 7) is 5.59. The fraction of sp³-hybridized carbons (Fsp3) is 0.474. The lowest BCUT2D eigenvalue weighted by Gasteiger charge is -2.15. The lowest BCUT2D eigenvalue weighted by Crippen LogP contribution is -2.29. The second-order valence-electron chi connectivity index (χ2n) is 6.86. The molecule has 0 spiro atoms. The van der Waals surface area contributed by atoms with Gasteiger partial charge in [0.15, 0.2) is 5.69 Å². The highest BCUT2D eigenvalue weighted by atomic mass is 16.5. The number of aromatic nitrogens is 1. The minimum atomic E-state index is -0.0442. The second kappa shape index (κ2) is 7.18. The van der Waals surface area contributed by atoms with Gasteiger partial charge in [-0.05, 0) is 29.9 Å². The van der Waals surface area contributed by atoms with Crippen LogP contribution in [0.15, 0.2) is 34.9 Å². The molecule has 128 valence electrons. The van der Waals surface area contributed by atoms with E-state index in [-0.39, 0.29) is 18.4 Å². The third-order valence-corrected chi connectivity index (χ3v) is 4.59. The van der Waals surface area contributed by atoms with E-state index in [9.17, 15) is 9.90 Å². The normalized spacial score (nSPS) is 17.7. The number of carbonyl (C=O) groups excluding carboxylic acids is 1. The molecule has 24 heavy (non-hydrogen) atoms. The first kappa shape index (κ1) is 16.7. The van der Waals surface area contributed by atoms with Crippen LogP contribution in [0, 0.1) is 5.92 Å². The summed E-state index contributed by atoms with van der Waals surface area (Å²) in [7, 11) is 0. The van der Waals surface area contributed by atoms with Crippen LogP contribution < -0.4 is 0 Å². The van der Waals surface area contributed by atoms with E-state index in [1.54, 1.807) is 6.07 Å². The van der Waals surface area contributed by atoms with E-state index in [0.717, 1.165) is 37.3 Å². The van der Waals surface area contributed by atoms with Crippen molar-refractivity contribution in [1.29, 1.82) is 0 Å². The van der Waals surface area contributed by atoms with E-state index in [2.05, 4.69) is 11.2 Å². The molecular formula is C19H24N2O3. The van der Waals surface area contributed by atoms with Gasteiger partial charge < -0.3 is 14.5 Å². The molecular weight excluding hydrogens is 304 g/mol. The summed E-state index contributed by atoms with van der Waals surface area (Å²) in [6.07, 6.45) is 1.91. The molecule has 1 saturated heterocycles. The Morgan fingerprint density at radius 1 is 1.38 bits per heavy atom. The number of carbonyl (C=O) groups is 1. The Labute approximate surface area is 142 Å². The summed E-state index contributed by atoms with van der Waals surface area (Å²) >= 11 is 0. The topological polar surface area (TPSA) is 66.6 Å². The zero-order valence-electron chi connectivity index (χ0n) is 14.2. The van der Waals surface area contributed by atoms with E-state index in [0.29, 0.717) is 11.6 Å². The number of rotatable bonds is 5. The van der Waals surface area contributed by atoms with Gasteiger partial charge in [0.05, 0.1) is 6.61 Å². The number of nitrogens with zero attached hydrogens (tertiary/aromatic N) is 2. The third kappa shape index (κ3) is 3.67. The van der Waals surface area contributed by atoms with Crippen LogP contribution in [0.3, 0.4) is 0 Å². The minimum absolute atomic E-state index is 0.0442. The van der Waals surface area contributed by atoms with Gasteiger partial charge in [-0.15, -0.1) is 0 Å². The molecule has 1 aromatic heterocycles. The van der Waals surface area contributed by atoms with Gasteiger partial charge in [-0.1, -0.05) is 43.3 Å². The summed E-state index contributed by atoms with van der Waals surface area (Å²) < 4.78 is 5.23. The number of benzene rings is 1. The molecule has 1 fully saturated rings. The van der Waals surface area contributed by atoms with E-state index >= 15 is 0 Å². The number of aliphatic hydroxyl groups is 1. The SMILES string of the molecule is CC(C)c1cc(C(=O)N2CCC(Cc3cccc(CO)c3)C2)no1. The monoisotopic (exact) mass is 328 g/mol. The van der Waals surface area contributed by atoms with Crippen LogP contribution in [0.1, 0.15) is 53.6 Å². The van der Waals surface area contributed by atoms with Crippen LogP contribution in [-0.4, -0.2) is 34.2 Å². The highest BCUT2D eigenvalue weighted by Crippen LogP contribution is 2.24. The van der Waals surface area contributed by atoms with Crippen LogP contribution in [-0.2, 0) is 13.0 Å². The smallest absolute Gasteiger partial charge is 0.276 e. The van der Waals surface area contributed by atoms with Crippen LogP contribution in [0.5, 0.6) is 0 Å². The predicted molar refractivity (Wildman–Crippen MR) is 90.7 cm³/mol. The quantitative estimate of drug-likeness (QED) is 0.916. The number of likely N-dealkylation sites (tertiary alicyclic amines) is 1. The Morgan fingerprint density at radius 2 is 2.17 bits per heavy atom. The maximum absolute atomic E-state index is 12.6. The average molecular weight is 328 g/mol. The van der Waals surface area contributed by atoms with Crippen molar-refractivity contribution in [3.8, 4) is 0 Å². The summed E-state index contributed by atoms with van der Waals surface area (Å²) in [4.78, 5) is 14.4. The maximum atomic E-state index is 12.6. The Kier molecular flexibility index (Phi) is 5.00. The second-order valence-corrected chi connectivity index (χ2v) is 6.86. The van der Waals surface area contributed by atoms with Crippen LogP contribution >= 0.6 is 0 Å². The molecule has 0 radical (unpaired) electrons. The van der Waals surface area contributed by atoms with Gasteiger partial charge in [0.25, 0.3) is 5.91 Å². The molecule has 1 unspecified atom stereocenters. The summed E-state index contributed by atoms with van der Waals surface area (Å²) in [5.41, 5.74) is 2.55. The zero-order valence-corrected chi connectivity index (χ0v) is 14.2. The third-order valence-electron chi connectivity index (χ3n) is 4.59. The lowest BCUT2D eigenvalue weighted by molar-refractivity contribution is 0.0776. The van der Waals surface area contributed by atoms with Crippen molar-refractivity contribution >= 4 is 5.91 Å². The molecule has 1 atom stereocenters. The highest BCUT2D eigenvalue weighted by molar-refractivity contribution is 5.92. The molecule has 5 heteroatoms. The Bertz CT molecular complexity index is 708. The first-order valence-corrected chi connectivity index (χ1v) is 8.51. The largest absolute Gasteiger partial charge is 0.392 e. The van der Waals surface area contributed by atoms with Gasteiger partial charge in [-0.2, -0.15) is 0 Å². The number of hydrogen-bond acceptors (Lipinski definition) is 4. The number of amides is 1. The highest BCUT2D eigenvalue weighted by Gasteiger charge is 2.29. The Hall–Kier alpha value is -2.14. The zero-order chi connectivity index (χ0) is 17.1. The molecule has 1 aromatic carbocycles. The van der Waals surface area contributed by atoms with Crippen molar-refractivity contribution in [2.24, 2.45) is 5.92 Å². The minimum Gasteiger partial charge on any atom is -0.392 e. The fourth-order valence-corrected chi connectivity index (χ4v) is 3.20. The van der Waals surface area contributed by atoms with Crippen molar-refractivity contribution in [3.63, 3.8) is 0 Å². The molecule has 3 rings (SSSR count). The van der Waals surface area contributed by atoms with E-state index in [4.69, 9.17) is 4.52 Å². The Morgan fingerprint density at radius 3 is 2.88 bits per heavy atom. The standard InChI is InChI=1S/C19H24N2O3/c1-13(2)18-10-17(20-24-18)19(23)21-7-6-15(11-21)8-14-4-3-5-16(9-14)12-22/h3-5,9-10,13,15,22H,6-8,11-12H2,1-2H3. The molecule has 0 saturated carbocycles. The molecule has 1 amide bonds. The number of aliphatic hydroxyl groups excluding tert-OH is 1. The van der Waals surface area contributed by atoms with E-state index in [1.807, 2.05) is 36.9 Å². The molecule has 2 heterocycles. The van der Waals surface area contributed by atoms with Crippen molar-refractivity contribution in [1.82, 2.24) is 10.1 Å². The maximum Gasteiger partial charge on any atom is 0.276 e. The van der Waals surface area contributed by atoms with Crippen molar-refractivity contribution in [2.75, 3.05) is 13.1 Å². The van der Waals surface area contributed by atoms with Gasteiger partial charge in [-0.25, -0.2) is 0 Å². The van der Waals surface area contributed by atoms with Gasteiger partial charge in [-0.3, -0.25) is 4.79 Å². The van der Waals surface area contributed by atoms with Gasteiger partial charge in [0.2, 0.25) is 0 Å². The summed E-state index contributed by atoms with van der Waals surface area (Å²) in [6, 6.07) is 9.77. The molecule has 1 aliphatic rings. The van der Waals surface area contributed by atoms with Gasteiger partial charge in [0.1, 0.15) is 5.76 Å². The molecule has 1 aliphatic heterocycles. The molecule has 0 bridgehead atoms. The first-order valence-electron chi connectivity index (χ1n) is 8.51. The Balaban J connectivity index is 1.60. The van der Waals surface area contributed by atoms with Gasteiger partial charge in [0, 0.05) is 25.1 Å². The average Bonchev–Trinajstić information content (AvgIpc) is 3.24. The van der Waals surface area contributed by atoms with Gasteiger partial charge >= 0.3 is 0 Å². The first-order chi connectivity index (χ1) is 11.6. The van der Waals surface area contributed by atoms with Crippen LogP contribution in [0.25, 0.3) is 0 Å². The molecule has 2 aromatic rings.